The number of aryl methyl sites for hydroxylation is 1. The van der Waals surface area contributed by atoms with Crippen LogP contribution in [0.4, 0.5) is 0 Å². The van der Waals surface area contributed by atoms with E-state index in [0.29, 0.717) is 12.5 Å². The summed E-state index contributed by atoms with van der Waals surface area (Å²) in [5.74, 6) is 1.25. The molecule has 136 valence electrons. The number of benzene rings is 1. The zero-order chi connectivity index (χ0) is 17.2. The van der Waals surface area contributed by atoms with Gasteiger partial charge in [0.15, 0.2) is 0 Å². The lowest BCUT2D eigenvalue weighted by Gasteiger charge is -2.26. The molecule has 3 nitrogen and oxygen atoms in total. The Bertz CT molecular complexity index is 475. The summed E-state index contributed by atoms with van der Waals surface area (Å²) >= 11 is 0. The van der Waals surface area contributed by atoms with Gasteiger partial charge >= 0.3 is 0 Å². The average Bonchev–Trinajstić information content (AvgIpc) is 2.62. The molecule has 0 radical (unpaired) electrons. The highest BCUT2D eigenvalue weighted by Gasteiger charge is 2.20. The first kappa shape index (κ1) is 19.4. The van der Waals surface area contributed by atoms with Crippen LogP contribution < -0.4 is 5.73 Å². The Morgan fingerprint density at radius 2 is 2.12 bits per heavy atom. The van der Waals surface area contributed by atoms with Crippen LogP contribution in [-0.2, 0) is 17.6 Å². The van der Waals surface area contributed by atoms with E-state index in [-0.39, 0.29) is 6.61 Å². The fraction of sp³-hybridized carbons (Fsp3) is 0.714. The van der Waals surface area contributed by atoms with E-state index in [1.165, 1.54) is 48.8 Å². The molecule has 0 fully saturated rings. The Labute approximate surface area is 147 Å². The predicted molar refractivity (Wildman–Crippen MR) is 100 cm³/mol. The molecule has 1 aliphatic rings. The van der Waals surface area contributed by atoms with Crippen LogP contribution in [-0.4, -0.2) is 31.5 Å². The lowest BCUT2D eigenvalue weighted by Crippen LogP contribution is -2.17. The molecule has 0 saturated carbocycles. The van der Waals surface area contributed by atoms with E-state index in [1.807, 2.05) is 0 Å². The molecule has 1 aliphatic carbocycles. The Balaban J connectivity index is 1.90. The molecular formula is C21H35NO2. The summed E-state index contributed by atoms with van der Waals surface area (Å²) in [6.07, 6.45) is 9.22. The van der Waals surface area contributed by atoms with Crippen LogP contribution in [0, 0.1) is 5.92 Å². The maximum atomic E-state index is 8.96. The van der Waals surface area contributed by atoms with Gasteiger partial charge in [-0.15, -0.1) is 0 Å². The highest BCUT2D eigenvalue weighted by molar-refractivity contribution is 5.36. The molecule has 3 heteroatoms. The quantitative estimate of drug-likeness (QED) is 0.605. The number of hydrogen-bond donors (Lipinski definition) is 2. The summed E-state index contributed by atoms with van der Waals surface area (Å²) in [6.45, 7) is 4.78. The van der Waals surface area contributed by atoms with E-state index in [0.717, 1.165) is 38.4 Å². The van der Waals surface area contributed by atoms with Gasteiger partial charge in [0.2, 0.25) is 0 Å². The summed E-state index contributed by atoms with van der Waals surface area (Å²) in [7, 11) is 0. The van der Waals surface area contributed by atoms with E-state index in [2.05, 4.69) is 25.1 Å². The van der Waals surface area contributed by atoms with Gasteiger partial charge in [-0.05, 0) is 86.9 Å². The zero-order valence-corrected chi connectivity index (χ0v) is 15.3. The third-order valence-electron chi connectivity index (χ3n) is 5.38. The minimum atomic E-state index is 0.284. The average molecular weight is 334 g/mol. The number of aliphatic hydroxyl groups excluding tert-OH is 1. The largest absolute Gasteiger partial charge is 0.396 e. The first-order valence-corrected chi connectivity index (χ1v) is 9.78. The minimum Gasteiger partial charge on any atom is -0.396 e. The van der Waals surface area contributed by atoms with E-state index in [1.54, 1.807) is 0 Å². The Morgan fingerprint density at radius 1 is 1.25 bits per heavy atom. The normalized spacial score (nSPS) is 18.4. The lowest BCUT2D eigenvalue weighted by atomic mass is 9.80. The van der Waals surface area contributed by atoms with E-state index >= 15 is 0 Å². The number of unbranched alkanes of at least 4 members (excludes halogenated alkanes) is 1. The van der Waals surface area contributed by atoms with Crippen molar-refractivity contribution in [2.75, 3.05) is 26.4 Å². The zero-order valence-electron chi connectivity index (χ0n) is 15.3. The van der Waals surface area contributed by atoms with Crippen molar-refractivity contribution in [2.24, 2.45) is 11.7 Å². The molecule has 0 amide bonds. The maximum absolute atomic E-state index is 8.96. The monoisotopic (exact) mass is 333 g/mol. The van der Waals surface area contributed by atoms with Crippen molar-refractivity contribution >= 4 is 0 Å². The van der Waals surface area contributed by atoms with Crippen LogP contribution in [0.3, 0.4) is 0 Å². The SMILES string of the molecule is CCOCCC[C@@H]1CCc2cc([C@@H](CN)CCCCO)ccc2C1. The smallest absolute Gasteiger partial charge is 0.0465 e. The minimum absolute atomic E-state index is 0.284. The second-order valence-electron chi connectivity index (χ2n) is 7.13. The molecule has 1 aromatic rings. The van der Waals surface area contributed by atoms with Crippen molar-refractivity contribution in [1.29, 1.82) is 0 Å². The molecule has 0 saturated heterocycles. The second kappa shape index (κ2) is 10.9. The third kappa shape index (κ3) is 5.87. The van der Waals surface area contributed by atoms with Crippen LogP contribution >= 0.6 is 0 Å². The Hall–Kier alpha value is -0.900. The topological polar surface area (TPSA) is 55.5 Å². The number of ether oxygens (including phenoxy) is 1. The van der Waals surface area contributed by atoms with Crippen LogP contribution in [0.25, 0.3) is 0 Å². The molecule has 1 aromatic carbocycles. The predicted octanol–water partition coefficient (Wildman–Crippen LogP) is 3.81. The molecule has 0 aromatic heterocycles. The van der Waals surface area contributed by atoms with Crippen molar-refractivity contribution < 1.29 is 9.84 Å². The van der Waals surface area contributed by atoms with Gasteiger partial charge in [-0.3, -0.25) is 0 Å². The van der Waals surface area contributed by atoms with Crippen molar-refractivity contribution in [3.63, 3.8) is 0 Å². The van der Waals surface area contributed by atoms with Crippen LogP contribution in [0.15, 0.2) is 18.2 Å². The van der Waals surface area contributed by atoms with Gasteiger partial charge in [-0.2, -0.15) is 0 Å². The molecule has 0 heterocycles. The van der Waals surface area contributed by atoms with Crippen LogP contribution in [0.5, 0.6) is 0 Å². The Kier molecular flexibility index (Phi) is 8.79. The fourth-order valence-corrected chi connectivity index (χ4v) is 3.89. The molecule has 3 N–H and O–H groups in total. The summed E-state index contributed by atoms with van der Waals surface area (Å²) in [6, 6.07) is 7.04. The summed E-state index contributed by atoms with van der Waals surface area (Å²) in [5.41, 5.74) is 10.5. The molecule has 0 aliphatic heterocycles. The van der Waals surface area contributed by atoms with Crippen LogP contribution in [0.2, 0.25) is 0 Å². The highest BCUT2D eigenvalue weighted by Crippen LogP contribution is 2.31. The first-order chi connectivity index (χ1) is 11.8. The van der Waals surface area contributed by atoms with Crippen molar-refractivity contribution in [2.45, 2.75) is 64.2 Å². The molecule has 0 bridgehead atoms. The lowest BCUT2D eigenvalue weighted by molar-refractivity contribution is 0.138. The number of hydrogen-bond acceptors (Lipinski definition) is 3. The Morgan fingerprint density at radius 3 is 2.88 bits per heavy atom. The number of nitrogens with two attached hydrogens (primary N) is 1. The molecule has 2 atom stereocenters. The van der Waals surface area contributed by atoms with Crippen molar-refractivity contribution in [3.05, 3.63) is 34.9 Å². The molecule has 0 spiro atoms. The van der Waals surface area contributed by atoms with Gasteiger partial charge in [-0.1, -0.05) is 24.6 Å². The summed E-state index contributed by atoms with van der Waals surface area (Å²) in [4.78, 5) is 0. The molecule has 0 unspecified atom stereocenters. The van der Waals surface area contributed by atoms with Gasteiger partial charge in [0.1, 0.15) is 0 Å². The van der Waals surface area contributed by atoms with Gasteiger partial charge in [-0.25, -0.2) is 0 Å². The van der Waals surface area contributed by atoms with Gasteiger partial charge in [0, 0.05) is 19.8 Å². The number of rotatable bonds is 11. The fourth-order valence-electron chi connectivity index (χ4n) is 3.89. The standard InChI is InChI=1S/C21H35NO2/c1-2-24-13-5-6-17-8-9-19-15-20(11-10-18(19)14-17)21(16-22)7-3-4-12-23/h10-11,15,17,21,23H,2-9,12-14,16,22H2,1H3/t17-,21-/m1/s1. The van der Waals surface area contributed by atoms with Crippen molar-refractivity contribution in [1.82, 2.24) is 0 Å². The van der Waals surface area contributed by atoms with Crippen molar-refractivity contribution in [3.8, 4) is 0 Å². The van der Waals surface area contributed by atoms with E-state index in [4.69, 9.17) is 15.6 Å². The number of fused-ring (bicyclic) bond motifs is 1. The van der Waals surface area contributed by atoms with E-state index in [9.17, 15) is 0 Å². The molecular weight excluding hydrogens is 298 g/mol. The maximum Gasteiger partial charge on any atom is 0.0465 e. The van der Waals surface area contributed by atoms with Gasteiger partial charge < -0.3 is 15.6 Å². The second-order valence-corrected chi connectivity index (χ2v) is 7.13. The third-order valence-corrected chi connectivity index (χ3v) is 5.38. The van der Waals surface area contributed by atoms with E-state index < -0.39 is 0 Å². The first-order valence-electron chi connectivity index (χ1n) is 9.78. The number of aliphatic hydroxyl groups is 1. The van der Waals surface area contributed by atoms with Gasteiger partial charge in [0.25, 0.3) is 0 Å². The van der Waals surface area contributed by atoms with Crippen LogP contribution in [0.1, 0.15) is 68.1 Å². The summed E-state index contributed by atoms with van der Waals surface area (Å²) < 4.78 is 5.46. The molecule has 24 heavy (non-hydrogen) atoms. The van der Waals surface area contributed by atoms with Gasteiger partial charge in [0.05, 0.1) is 0 Å². The summed E-state index contributed by atoms with van der Waals surface area (Å²) in [5, 5.41) is 8.96. The molecule has 2 rings (SSSR count). The highest BCUT2D eigenvalue weighted by atomic mass is 16.5.